The molecule has 1 atom stereocenters. The second kappa shape index (κ2) is 8.11. The van der Waals surface area contributed by atoms with Crippen LogP contribution < -0.4 is 16.4 Å². The summed E-state index contributed by atoms with van der Waals surface area (Å²) in [5.74, 6) is -1.09. The van der Waals surface area contributed by atoms with Gasteiger partial charge in [0.2, 0.25) is 0 Å². The van der Waals surface area contributed by atoms with E-state index in [1.807, 2.05) is 0 Å². The van der Waals surface area contributed by atoms with Crippen molar-refractivity contribution in [1.29, 1.82) is 0 Å². The predicted molar refractivity (Wildman–Crippen MR) is 77.8 cm³/mol. The first kappa shape index (κ1) is 16.8. The highest BCUT2D eigenvalue weighted by Crippen LogP contribution is 2.15. The van der Waals surface area contributed by atoms with Gasteiger partial charge in [-0.25, -0.2) is 4.79 Å². The fraction of sp³-hybridized carbons (Fsp3) is 0.308. The summed E-state index contributed by atoms with van der Waals surface area (Å²) in [5.41, 5.74) is 5.35. The Hall–Kier alpha value is -2.28. The van der Waals surface area contributed by atoms with E-state index in [4.69, 9.17) is 22.1 Å². The number of carbonyl (C=O) groups excluding carboxylic acids is 3. The van der Waals surface area contributed by atoms with Crippen molar-refractivity contribution in [1.82, 2.24) is 5.32 Å². The van der Waals surface area contributed by atoms with Crippen molar-refractivity contribution in [2.75, 3.05) is 11.9 Å². The van der Waals surface area contributed by atoms with Crippen molar-refractivity contribution in [3.05, 3.63) is 29.3 Å². The molecule has 1 aromatic carbocycles. The summed E-state index contributed by atoms with van der Waals surface area (Å²) < 4.78 is 4.92. The Labute approximate surface area is 126 Å². The van der Waals surface area contributed by atoms with Gasteiger partial charge in [0.15, 0.2) is 6.10 Å². The van der Waals surface area contributed by atoms with E-state index in [9.17, 15) is 14.4 Å². The van der Waals surface area contributed by atoms with Crippen molar-refractivity contribution in [2.24, 2.45) is 5.73 Å². The second-order valence-electron chi connectivity index (χ2n) is 4.17. The zero-order valence-corrected chi connectivity index (χ0v) is 12.1. The Balaban J connectivity index is 2.40. The summed E-state index contributed by atoms with van der Waals surface area (Å²) in [6, 6.07) is 5.87. The number of hydrogen-bond donors (Lipinski definition) is 3. The monoisotopic (exact) mass is 313 g/mol. The van der Waals surface area contributed by atoms with Gasteiger partial charge >= 0.3 is 12.0 Å². The Morgan fingerprint density at radius 1 is 1.38 bits per heavy atom. The Kier molecular flexibility index (Phi) is 6.48. The summed E-state index contributed by atoms with van der Waals surface area (Å²) in [6.45, 7) is 1.50. The molecule has 3 amide bonds. The average Bonchev–Trinajstić information content (AvgIpc) is 2.38. The van der Waals surface area contributed by atoms with E-state index in [0.717, 1.165) is 0 Å². The van der Waals surface area contributed by atoms with Crippen molar-refractivity contribution in [3.8, 4) is 0 Å². The minimum absolute atomic E-state index is 0.0524. The minimum atomic E-state index is -0.968. The zero-order chi connectivity index (χ0) is 15.8. The van der Waals surface area contributed by atoms with Gasteiger partial charge in [-0.2, -0.15) is 0 Å². The maximum absolute atomic E-state index is 11.8. The molecule has 0 unspecified atom stereocenters. The van der Waals surface area contributed by atoms with E-state index in [0.29, 0.717) is 10.7 Å². The highest BCUT2D eigenvalue weighted by molar-refractivity contribution is 6.30. The molecule has 0 aliphatic rings. The number of anilines is 1. The summed E-state index contributed by atoms with van der Waals surface area (Å²) in [4.78, 5) is 33.7. The van der Waals surface area contributed by atoms with Gasteiger partial charge in [0.25, 0.3) is 5.91 Å². The molecule has 0 aliphatic carbocycles. The number of primary amides is 1. The van der Waals surface area contributed by atoms with E-state index in [1.165, 1.54) is 6.92 Å². The van der Waals surface area contributed by atoms with Crippen LogP contribution in [0.1, 0.15) is 13.3 Å². The maximum Gasteiger partial charge on any atom is 0.312 e. The van der Waals surface area contributed by atoms with Crippen LogP contribution in [0.25, 0.3) is 0 Å². The third-order valence-corrected chi connectivity index (χ3v) is 2.63. The fourth-order valence-electron chi connectivity index (χ4n) is 1.41. The van der Waals surface area contributed by atoms with E-state index in [-0.39, 0.29) is 13.0 Å². The van der Waals surface area contributed by atoms with Crippen molar-refractivity contribution < 1.29 is 19.1 Å². The van der Waals surface area contributed by atoms with Crippen LogP contribution in [0.5, 0.6) is 0 Å². The number of halogens is 1. The number of nitrogens with one attached hydrogen (secondary N) is 2. The summed E-state index contributed by atoms with van der Waals surface area (Å²) in [5, 5.41) is 5.30. The van der Waals surface area contributed by atoms with Crippen LogP contribution in [-0.2, 0) is 14.3 Å². The highest BCUT2D eigenvalue weighted by atomic mass is 35.5. The molecule has 0 bridgehead atoms. The zero-order valence-electron chi connectivity index (χ0n) is 11.4. The standard InChI is InChI=1S/C13H16ClN3O4/c1-8(21-11(18)5-6-16-13(15)20)12(19)17-10-4-2-3-9(14)7-10/h2-4,7-8H,5-6H2,1H3,(H,17,19)(H3,15,16,20)/t8-/m0/s1. The lowest BCUT2D eigenvalue weighted by Crippen LogP contribution is -2.33. The van der Waals surface area contributed by atoms with Crippen LogP contribution in [0.4, 0.5) is 10.5 Å². The number of amides is 3. The number of benzene rings is 1. The first-order valence-electron chi connectivity index (χ1n) is 6.17. The summed E-state index contributed by atoms with van der Waals surface area (Å²) in [6.07, 6.45) is -1.04. The third kappa shape index (κ3) is 6.62. The molecule has 8 heteroatoms. The normalized spacial score (nSPS) is 11.3. The van der Waals surface area contributed by atoms with Gasteiger partial charge in [0.05, 0.1) is 6.42 Å². The maximum atomic E-state index is 11.8. The SMILES string of the molecule is C[C@H](OC(=O)CCNC(N)=O)C(=O)Nc1cccc(Cl)c1. The van der Waals surface area contributed by atoms with Gasteiger partial charge in [-0.05, 0) is 25.1 Å². The predicted octanol–water partition coefficient (Wildman–Crippen LogP) is 1.27. The number of hydrogen-bond acceptors (Lipinski definition) is 4. The van der Waals surface area contributed by atoms with Gasteiger partial charge in [0, 0.05) is 17.3 Å². The van der Waals surface area contributed by atoms with Crippen molar-refractivity contribution in [2.45, 2.75) is 19.4 Å². The molecule has 0 radical (unpaired) electrons. The number of esters is 1. The van der Waals surface area contributed by atoms with E-state index >= 15 is 0 Å². The number of nitrogens with two attached hydrogens (primary N) is 1. The molecular weight excluding hydrogens is 298 g/mol. The van der Waals surface area contributed by atoms with Crippen LogP contribution in [0, 0.1) is 0 Å². The van der Waals surface area contributed by atoms with Gasteiger partial charge in [-0.3, -0.25) is 9.59 Å². The summed E-state index contributed by atoms with van der Waals surface area (Å²) >= 11 is 5.79. The smallest absolute Gasteiger partial charge is 0.312 e. The van der Waals surface area contributed by atoms with Crippen LogP contribution in [0.15, 0.2) is 24.3 Å². The summed E-state index contributed by atoms with van der Waals surface area (Å²) in [7, 11) is 0. The molecule has 0 fully saturated rings. The Bertz CT molecular complexity index is 536. The molecule has 1 rings (SSSR count). The van der Waals surface area contributed by atoms with E-state index in [2.05, 4.69) is 10.6 Å². The first-order valence-corrected chi connectivity index (χ1v) is 6.55. The topological polar surface area (TPSA) is 111 Å². The van der Waals surface area contributed by atoms with Crippen molar-refractivity contribution in [3.63, 3.8) is 0 Å². The molecule has 114 valence electrons. The quantitative estimate of drug-likeness (QED) is 0.687. The van der Waals surface area contributed by atoms with Gasteiger partial charge < -0.3 is 21.1 Å². The lowest BCUT2D eigenvalue weighted by atomic mass is 10.3. The molecule has 0 saturated heterocycles. The van der Waals surface area contributed by atoms with Gasteiger partial charge in [-0.1, -0.05) is 17.7 Å². The minimum Gasteiger partial charge on any atom is -0.452 e. The molecule has 0 aliphatic heterocycles. The lowest BCUT2D eigenvalue weighted by Gasteiger charge is -2.13. The number of carbonyl (C=O) groups is 3. The molecule has 4 N–H and O–H groups in total. The first-order chi connectivity index (χ1) is 9.88. The fourth-order valence-corrected chi connectivity index (χ4v) is 1.60. The van der Waals surface area contributed by atoms with Crippen molar-refractivity contribution >= 4 is 35.2 Å². The number of urea groups is 1. The Morgan fingerprint density at radius 3 is 2.71 bits per heavy atom. The molecule has 0 aromatic heterocycles. The Morgan fingerprint density at radius 2 is 2.10 bits per heavy atom. The van der Waals surface area contributed by atoms with Crippen LogP contribution in [0.2, 0.25) is 5.02 Å². The molecule has 0 heterocycles. The van der Waals surface area contributed by atoms with Crippen LogP contribution in [-0.4, -0.2) is 30.6 Å². The average molecular weight is 314 g/mol. The van der Waals surface area contributed by atoms with Gasteiger partial charge in [-0.15, -0.1) is 0 Å². The third-order valence-electron chi connectivity index (χ3n) is 2.40. The molecule has 7 nitrogen and oxygen atoms in total. The largest absolute Gasteiger partial charge is 0.452 e. The lowest BCUT2D eigenvalue weighted by molar-refractivity contribution is -0.153. The second-order valence-corrected chi connectivity index (χ2v) is 4.61. The number of ether oxygens (including phenoxy) is 1. The molecule has 1 aromatic rings. The molecule has 0 spiro atoms. The number of rotatable bonds is 6. The molecule has 0 saturated carbocycles. The van der Waals surface area contributed by atoms with Crippen LogP contribution >= 0.6 is 11.6 Å². The highest BCUT2D eigenvalue weighted by Gasteiger charge is 2.17. The van der Waals surface area contributed by atoms with E-state index in [1.54, 1.807) is 24.3 Å². The molecular formula is C13H16ClN3O4. The molecule has 21 heavy (non-hydrogen) atoms. The van der Waals surface area contributed by atoms with Gasteiger partial charge in [0.1, 0.15) is 0 Å². The van der Waals surface area contributed by atoms with Crippen LogP contribution in [0.3, 0.4) is 0 Å². The van der Waals surface area contributed by atoms with E-state index < -0.39 is 24.0 Å².